The van der Waals surface area contributed by atoms with Gasteiger partial charge in [-0.25, -0.2) is 0 Å². The number of anilines is 1. The monoisotopic (exact) mass is 289 g/mol. The predicted molar refractivity (Wildman–Crippen MR) is 82.1 cm³/mol. The van der Waals surface area contributed by atoms with Gasteiger partial charge in [-0.2, -0.15) is 0 Å². The van der Waals surface area contributed by atoms with E-state index in [-0.39, 0.29) is 0 Å². The molecule has 1 unspecified atom stereocenters. The standard InChI is InChI=1S/C14H19N5S/c1-18(2)11-6-5-9-19(10-11)14-17-16-13(20-14)12-7-3-4-8-15-12/h3-4,7-8,11H,5-6,9-10H2,1-2H3. The summed E-state index contributed by atoms with van der Waals surface area (Å²) in [4.78, 5) is 8.98. The van der Waals surface area contributed by atoms with E-state index in [0.29, 0.717) is 6.04 Å². The molecule has 0 saturated carbocycles. The largest absolute Gasteiger partial charge is 0.345 e. The highest BCUT2D eigenvalue weighted by molar-refractivity contribution is 7.18. The zero-order valence-corrected chi connectivity index (χ0v) is 12.7. The molecule has 2 aromatic heterocycles. The molecule has 1 fully saturated rings. The fraction of sp³-hybridized carbons (Fsp3) is 0.500. The van der Waals surface area contributed by atoms with E-state index in [1.807, 2.05) is 18.2 Å². The maximum Gasteiger partial charge on any atom is 0.208 e. The van der Waals surface area contributed by atoms with Crippen LogP contribution in [0.25, 0.3) is 10.7 Å². The molecule has 0 bridgehead atoms. The highest BCUT2D eigenvalue weighted by Crippen LogP contribution is 2.29. The van der Waals surface area contributed by atoms with E-state index in [9.17, 15) is 0 Å². The maximum atomic E-state index is 4.35. The van der Waals surface area contributed by atoms with Crippen LogP contribution in [0.3, 0.4) is 0 Å². The first-order chi connectivity index (χ1) is 9.74. The molecule has 0 radical (unpaired) electrons. The number of piperidine rings is 1. The molecule has 2 aromatic rings. The molecule has 0 aliphatic carbocycles. The predicted octanol–water partition coefficient (Wildman–Crippen LogP) is 2.13. The van der Waals surface area contributed by atoms with E-state index in [1.54, 1.807) is 17.5 Å². The molecule has 1 aliphatic heterocycles. The summed E-state index contributed by atoms with van der Waals surface area (Å²) in [6.07, 6.45) is 4.26. The van der Waals surface area contributed by atoms with E-state index in [4.69, 9.17) is 0 Å². The van der Waals surface area contributed by atoms with Gasteiger partial charge in [0.05, 0.1) is 0 Å². The van der Waals surface area contributed by atoms with Gasteiger partial charge in [-0.3, -0.25) is 4.98 Å². The van der Waals surface area contributed by atoms with E-state index in [2.05, 4.69) is 39.1 Å². The summed E-state index contributed by atoms with van der Waals surface area (Å²) >= 11 is 1.63. The highest BCUT2D eigenvalue weighted by Gasteiger charge is 2.24. The molecule has 1 aliphatic rings. The average molecular weight is 289 g/mol. The summed E-state index contributed by atoms with van der Waals surface area (Å²) in [6.45, 7) is 2.10. The first-order valence-electron chi connectivity index (χ1n) is 6.90. The minimum Gasteiger partial charge on any atom is -0.345 e. The van der Waals surface area contributed by atoms with Crippen molar-refractivity contribution in [2.45, 2.75) is 18.9 Å². The summed E-state index contributed by atoms with van der Waals surface area (Å²) in [6, 6.07) is 6.47. The number of hydrogen-bond acceptors (Lipinski definition) is 6. The van der Waals surface area contributed by atoms with Crippen LogP contribution in [0.4, 0.5) is 5.13 Å². The molecule has 0 N–H and O–H groups in total. The van der Waals surface area contributed by atoms with Crippen molar-refractivity contribution < 1.29 is 0 Å². The third kappa shape index (κ3) is 2.81. The molecule has 3 rings (SSSR count). The highest BCUT2D eigenvalue weighted by atomic mass is 32.1. The number of aromatic nitrogens is 3. The molecule has 0 spiro atoms. The van der Waals surface area contributed by atoms with E-state index < -0.39 is 0 Å². The van der Waals surface area contributed by atoms with Crippen LogP contribution in [0.1, 0.15) is 12.8 Å². The van der Waals surface area contributed by atoms with Crippen LogP contribution in [0.2, 0.25) is 0 Å². The lowest BCUT2D eigenvalue weighted by Gasteiger charge is -2.35. The normalized spacial score (nSPS) is 19.6. The van der Waals surface area contributed by atoms with Crippen LogP contribution in [-0.4, -0.2) is 53.3 Å². The van der Waals surface area contributed by atoms with E-state index >= 15 is 0 Å². The molecule has 20 heavy (non-hydrogen) atoms. The van der Waals surface area contributed by atoms with Gasteiger partial charge in [-0.05, 0) is 39.1 Å². The minimum absolute atomic E-state index is 0.603. The molecule has 5 nitrogen and oxygen atoms in total. The topological polar surface area (TPSA) is 45.2 Å². The summed E-state index contributed by atoms with van der Waals surface area (Å²) < 4.78 is 0. The maximum absolute atomic E-state index is 4.35. The summed E-state index contributed by atoms with van der Waals surface area (Å²) in [7, 11) is 4.29. The van der Waals surface area contributed by atoms with Gasteiger partial charge in [0.1, 0.15) is 5.69 Å². The van der Waals surface area contributed by atoms with Crippen molar-refractivity contribution in [2.24, 2.45) is 0 Å². The average Bonchev–Trinajstić information content (AvgIpc) is 2.98. The lowest BCUT2D eigenvalue weighted by molar-refractivity contribution is 0.258. The lowest BCUT2D eigenvalue weighted by atomic mass is 10.1. The second-order valence-corrected chi connectivity index (χ2v) is 6.27. The molecular formula is C14H19N5S. The Morgan fingerprint density at radius 3 is 2.95 bits per heavy atom. The number of nitrogens with zero attached hydrogens (tertiary/aromatic N) is 5. The van der Waals surface area contributed by atoms with Gasteiger partial charge >= 0.3 is 0 Å². The quantitative estimate of drug-likeness (QED) is 0.866. The number of pyridine rings is 1. The number of likely N-dealkylation sites (N-methyl/N-ethyl adjacent to an activating group) is 1. The van der Waals surface area contributed by atoms with Gasteiger partial charge in [0.15, 0.2) is 5.01 Å². The Kier molecular flexibility index (Phi) is 3.93. The molecule has 1 atom stereocenters. The zero-order valence-electron chi connectivity index (χ0n) is 11.9. The second-order valence-electron chi connectivity index (χ2n) is 5.31. The second kappa shape index (κ2) is 5.85. The van der Waals surface area contributed by atoms with Crippen LogP contribution in [0.15, 0.2) is 24.4 Å². The molecule has 0 amide bonds. The van der Waals surface area contributed by atoms with Crippen molar-refractivity contribution >= 4 is 16.5 Å². The molecule has 6 heteroatoms. The lowest BCUT2D eigenvalue weighted by Crippen LogP contribution is -2.45. The van der Waals surface area contributed by atoms with Gasteiger partial charge in [0, 0.05) is 25.3 Å². The Bertz CT molecular complexity index is 554. The molecule has 1 saturated heterocycles. The smallest absolute Gasteiger partial charge is 0.208 e. The van der Waals surface area contributed by atoms with Crippen LogP contribution in [0, 0.1) is 0 Å². The zero-order chi connectivity index (χ0) is 13.9. The Labute approximate surface area is 123 Å². The van der Waals surface area contributed by atoms with Crippen LogP contribution in [-0.2, 0) is 0 Å². The van der Waals surface area contributed by atoms with Crippen molar-refractivity contribution in [3.63, 3.8) is 0 Å². The van der Waals surface area contributed by atoms with Crippen molar-refractivity contribution in [1.82, 2.24) is 20.1 Å². The fourth-order valence-electron chi connectivity index (χ4n) is 2.49. The van der Waals surface area contributed by atoms with Gasteiger partial charge in [-0.15, -0.1) is 10.2 Å². The first kappa shape index (κ1) is 13.5. The van der Waals surface area contributed by atoms with Crippen LogP contribution in [0.5, 0.6) is 0 Å². The van der Waals surface area contributed by atoms with E-state index in [0.717, 1.165) is 28.9 Å². The molecule has 3 heterocycles. The van der Waals surface area contributed by atoms with Gasteiger partial charge in [0.25, 0.3) is 0 Å². The Morgan fingerprint density at radius 1 is 1.30 bits per heavy atom. The molecular weight excluding hydrogens is 270 g/mol. The third-order valence-electron chi connectivity index (χ3n) is 3.70. The Balaban J connectivity index is 1.77. The van der Waals surface area contributed by atoms with Gasteiger partial charge in [-0.1, -0.05) is 17.4 Å². The summed E-state index contributed by atoms with van der Waals surface area (Å²) in [5, 5.41) is 10.5. The molecule has 106 valence electrons. The van der Waals surface area contributed by atoms with Crippen molar-refractivity contribution in [3.8, 4) is 10.7 Å². The minimum atomic E-state index is 0.603. The van der Waals surface area contributed by atoms with Crippen molar-refractivity contribution in [2.75, 3.05) is 32.1 Å². The third-order valence-corrected chi connectivity index (χ3v) is 4.70. The van der Waals surface area contributed by atoms with Crippen molar-refractivity contribution in [1.29, 1.82) is 0 Å². The SMILES string of the molecule is CN(C)C1CCCN(c2nnc(-c3ccccn3)s2)C1. The van der Waals surface area contributed by atoms with E-state index in [1.165, 1.54) is 12.8 Å². The summed E-state index contributed by atoms with van der Waals surface area (Å²) in [5.74, 6) is 0. The van der Waals surface area contributed by atoms with Gasteiger partial charge < -0.3 is 9.80 Å². The van der Waals surface area contributed by atoms with Crippen LogP contribution < -0.4 is 4.90 Å². The van der Waals surface area contributed by atoms with Crippen LogP contribution >= 0.6 is 11.3 Å². The number of hydrogen-bond donors (Lipinski definition) is 0. The number of rotatable bonds is 3. The summed E-state index contributed by atoms with van der Waals surface area (Å²) in [5.41, 5.74) is 0.900. The Hall–Kier alpha value is -1.53. The Morgan fingerprint density at radius 2 is 2.20 bits per heavy atom. The van der Waals surface area contributed by atoms with Gasteiger partial charge in [0.2, 0.25) is 5.13 Å². The van der Waals surface area contributed by atoms with Crippen molar-refractivity contribution in [3.05, 3.63) is 24.4 Å². The first-order valence-corrected chi connectivity index (χ1v) is 7.72. The fourth-order valence-corrected chi connectivity index (χ4v) is 3.34. The molecule has 0 aromatic carbocycles.